The van der Waals surface area contributed by atoms with E-state index in [2.05, 4.69) is 25.8 Å². The molecule has 0 unspecified atom stereocenters. The topological polar surface area (TPSA) is 94.5 Å². The number of rotatable bonds is 9. The summed E-state index contributed by atoms with van der Waals surface area (Å²) in [6.45, 7) is 6.82. The number of benzene rings is 1. The molecule has 0 saturated carbocycles. The van der Waals surface area contributed by atoms with Crippen LogP contribution in [0.25, 0.3) is 11.4 Å². The maximum Gasteiger partial charge on any atom is 0.204 e. The van der Waals surface area contributed by atoms with Crippen molar-refractivity contribution in [1.29, 1.82) is 0 Å². The van der Waals surface area contributed by atoms with Crippen LogP contribution in [0.3, 0.4) is 0 Å². The van der Waals surface area contributed by atoms with Gasteiger partial charge in [0, 0.05) is 11.6 Å². The Kier molecular flexibility index (Phi) is 6.34. The van der Waals surface area contributed by atoms with Crippen LogP contribution in [-0.2, 0) is 4.84 Å². The summed E-state index contributed by atoms with van der Waals surface area (Å²) in [6, 6.07) is 5.47. The largest absolute Gasteiger partial charge is 0.491 e. The zero-order valence-electron chi connectivity index (χ0n) is 13.5. The molecule has 0 aliphatic rings. The maximum atomic E-state index is 5.73. The van der Waals surface area contributed by atoms with Gasteiger partial charge in [0.2, 0.25) is 5.82 Å². The molecular weight excluding hydrogens is 298 g/mol. The molecule has 0 bridgehead atoms. The molecule has 0 spiro atoms. The van der Waals surface area contributed by atoms with Crippen LogP contribution >= 0.6 is 0 Å². The smallest absolute Gasteiger partial charge is 0.204 e. The van der Waals surface area contributed by atoms with Crippen LogP contribution in [0.2, 0.25) is 0 Å². The molecule has 23 heavy (non-hydrogen) atoms. The van der Waals surface area contributed by atoms with Gasteiger partial charge in [-0.3, -0.25) is 0 Å². The van der Waals surface area contributed by atoms with Gasteiger partial charge in [0.15, 0.2) is 0 Å². The van der Waals surface area contributed by atoms with Crippen molar-refractivity contribution < 1.29 is 14.3 Å². The monoisotopic (exact) mass is 319 g/mol. The van der Waals surface area contributed by atoms with Crippen molar-refractivity contribution in [2.75, 3.05) is 13.2 Å². The zero-order valence-corrected chi connectivity index (χ0v) is 13.5. The molecular formula is C15H21N5O3. The Labute approximate surface area is 134 Å². The van der Waals surface area contributed by atoms with Crippen LogP contribution in [0.1, 0.15) is 27.2 Å². The Morgan fingerprint density at radius 1 is 1.26 bits per heavy atom. The van der Waals surface area contributed by atoms with E-state index in [0.717, 1.165) is 12.0 Å². The minimum Gasteiger partial charge on any atom is -0.491 e. The van der Waals surface area contributed by atoms with Gasteiger partial charge >= 0.3 is 0 Å². The fourth-order valence-corrected chi connectivity index (χ4v) is 1.77. The number of H-pyrrole nitrogens is 1. The van der Waals surface area contributed by atoms with Gasteiger partial charge in [-0.25, -0.2) is 0 Å². The van der Waals surface area contributed by atoms with Crippen LogP contribution in [0, 0.1) is 0 Å². The molecule has 0 fully saturated rings. The Hall–Kier alpha value is -2.64. The number of ether oxygens (including phenoxy) is 2. The van der Waals surface area contributed by atoms with E-state index in [1.807, 2.05) is 39.0 Å². The highest BCUT2D eigenvalue weighted by molar-refractivity contribution is 5.61. The summed E-state index contributed by atoms with van der Waals surface area (Å²) < 4.78 is 11.4. The summed E-state index contributed by atoms with van der Waals surface area (Å²) in [5.74, 6) is 1.78. The zero-order chi connectivity index (χ0) is 16.5. The molecule has 0 atom stereocenters. The molecule has 0 amide bonds. The van der Waals surface area contributed by atoms with Gasteiger partial charge in [-0.15, -0.1) is 10.2 Å². The van der Waals surface area contributed by atoms with E-state index in [9.17, 15) is 0 Å². The SMILES string of the molecule is CCCON=CCOc1cc(OC(C)C)cc(-c2nn[nH]n2)c1. The predicted octanol–water partition coefficient (Wildman–Crippen LogP) is 2.45. The molecule has 8 heteroatoms. The second kappa shape index (κ2) is 8.72. The van der Waals surface area contributed by atoms with Crippen molar-refractivity contribution in [3.05, 3.63) is 18.2 Å². The molecule has 1 aromatic carbocycles. The molecule has 0 aliphatic heterocycles. The Morgan fingerprint density at radius 2 is 2.09 bits per heavy atom. The standard InChI is InChI=1S/C15H21N5O3/c1-4-6-22-16-5-7-21-13-8-12(15-17-19-20-18-15)9-14(10-13)23-11(2)3/h5,8-11H,4,6-7H2,1-3H3,(H,17,18,19,20). The predicted molar refractivity (Wildman–Crippen MR) is 85.6 cm³/mol. The minimum atomic E-state index is 0.0485. The third-order valence-electron chi connectivity index (χ3n) is 2.62. The number of hydrogen-bond acceptors (Lipinski definition) is 7. The summed E-state index contributed by atoms with van der Waals surface area (Å²) in [7, 11) is 0. The van der Waals surface area contributed by atoms with E-state index < -0.39 is 0 Å². The molecule has 1 heterocycles. The molecule has 2 aromatic rings. The molecule has 1 aromatic heterocycles. The van der Waals surface area contributed by atoms with E-state index in [-0.39, 0.29) is 6.10 Å². The number of aromatic nitrogens is 4. The molecule has 2 rings (SSSR count). The number of nitrogens with one attached hydrogen (secondary N) is 1. The van der Waals surface area contributed by atoms with E-state index in [1.165, 1.54) is 0 Å². The lowest BCUT2D eigenvalue weighted by molar-refractivity contribution is 0.145. The van der Waals surface area contributed by atoms with Gasteiger partial charge in [-0.1, -0.05) is 12.1 Å². The first-order valence-corrected chi connectivity index (χ1v) is 7.51. The second-order valence-electron chi connectivity index (χ2n) is 5.03. The van der Waals surface area contributed by atoms with Gasteiger partial charge < -0.3 is 14.3 Å². The van der Waals surface area contributed by atoms with E-state index in [1.54, 1.807) is 6.21 Å². The summed E-state index contributed by atoms with van der Waals surface area (Å²) in [5.41, 5.74) is 0.756. The molecule has 0 aliphatic carbocycles. The van der Waals surface area contributed by atoms with Crippen molar-refractivity contribution in [2.24, 2.45) is 5.16 Å². The first-order valence-electron chi connectivity index (χ1n) is 7.51. The van der Waals surface area contributed by atoms with Crippen LogP contribution < -0.4 is 9.47 Å². The van der Waals surface area contributed by atoms with Crippen LogP contribution in [-0.4, -0.2) is 46.2 Å². The Bertz CT molecular complexity index is 614. The third-order valence-corrected chi connectivity index (χ3v) is 2.62. The quantitative estimate of drug-likeness (QED) is 0.433. The molecule has 0 radical (unpaired) electrons. The Balaban J connectivity index is 2.08. The lowest BCUT2D eigenvalue weighted by Gasteiger charge is -2.12. The summed E-state index contributed by atoms with van der Waals surface area (Å²) in [4.78, 5) is 5.01. The average molecular weight is 319 g/mol. The van der Waals surface area contributed by atoms with Gasteiger partial charge in [0.1, 0.15) is 24.7 Å². The highest BCUT2D eigenvalue weighted by Gasteiger charge is 2.09. The van der Waals surface area contributed by atoms with Crippen LogP contribution in [0.15, 0.2) is 23.4 Å². The number of tetrazole rings is 1. The lowest BCUT2D eigenvalue weighted by Crippen LogP contribution is -2.06. The number of nitrogens with zero attached hydrogens (tertiary/aromatic N) is 4. The second-order valence-corrected chi connectivity index (χ2v) is 5.03. The van der Waals surface area contributed by atoms with Crippen molar-refractivity contribution in [2.45, 2.75) is 33.3 Å². The van der Waals surface area contributed by atoms with Crippen molar-refractivity contribution in [3.63, 3.8) is 0 Å². The molecule has 8 nitrogen and oxygen atoms in total. The van der Waals surface area contributed by atoms with Crippen LogP contribution in [0.5, 0.6) is 11.5 Å². The highest BCUT2D eigenvalue weighted by Crippen LogP contribution is 2.28. The fraction of sp³-hybridized carbons (Fsp3) is 0.467. The normalized spacial score (nSPS) is 11.1. The number of aromatic amines is 1. The first kappa shape index (κ1) is 16.7. The highest BCUT2D eigenvalue weighted by atomic mass is 16.6. The van der Waals surface area contributed by atoms with E-state index in [4.69, 9.17) is 14.3 Å². The van der Waals surface area contributed by atoms with Crippen molar-refractivity contribution in [3.8, 4) is 22.9 Å². The molecule has 1 N–H and O–H groups in total. The lowest BCUT2D eigenvalue weighted by atomic mass is 10.2. The van der Waals surface area contributed by atoms with Gasteiger partial charge in [-0.2, -0.15) is 5.21 Å². The maximum absolute atomic E-state index is 5.73. The first-order chi connectivity index (χ1) is 11.2. The fourth-order valence-electron chi connectivity index (χ4n) is 1.77. The van der Waals surface area contributed by atoms with E-state index >= 15 is 0 Å². The summed E-state index contributed by atoms with van der Waals surface area (Å²) >= 11 is 0. The van der Waals surface area contributed by atoms with E-state index in [0.29, 0.717) is 30.5 Å². The van der Waals surface area contributed by atoms with Crippen molar-refractivity contribution in [1.82, 2.24) is 20.6 Å². The Morgan fingerprint density at radius 3 is 2.78 bits per heavy atom. The average Bonchev–Trinajstić information content (AvgIpc) is 3.04. The molecule has 124 valence electrons. The number of hydrogen-bond donors (Lipinski definition) is 1. The third kappa shape index (κ3) is 5.57. The van der Waals surface area contributed by atoms with Gasteiger partial charge in [0.05, 0.1) is 12.3 Å². The molecule has 0 saturated heterocycles. The minimum absolute atomic E-state index is 0.0485. The van der Waals surface area contributed by atoms with Gasteiger partial charge in [0.25, 0.3) is 0 Å². The summed E-state index contributed by atoms with van der Waals surface area (Å²) in [6.07, 6.45) is 2.54. The number of oxime groups is 1. The van der Waals surface area contributed by atoms with Crippen molar-refractivity contribution >= 4 is 6.21 Å². The van der Waals surface area contributed by atoms with Gasteiger partial charge in [-0.05, 0) is 37.6 Å². The van der Waals surface area contributed by atoms with Crippen LogP contribution in [0.4, 0.5) is 0 Å². The summed E-state index contributed by atoms with van der Waals surface area (Å²) in [5, 5.41) is 17.7.